The van der Waals surface area contributed by atoms with Gasteiger partial charge in [0.2, 0.25) is 0 Å². The summed E-state index contributed by atoms with van der Waals surface area (Å²) >= 11 is 0. The van der Waals surface area contributed by atoms with Gasteiger partial charge < -0.3 is 25.5 Å². The summed E-state index contributed by atoms with van der Waals surface area (Å²) in [4.78, 5) is 16.7. The lowest BCUT2D eigenvalue weighted by atomic mass is 10.0. The number of aliphatic hydroxyl groups excluding tert-OH is 1. The van der Waals surface area contributed by atoms with Crippen molar-refractivity contribution in [2.24, 2.45) is 0 Å². The van der Waals surface area contributed by atoms with Crippen LogP contribution in [0.15, 0.2) is 72.9 Å². The number of nitrogen functional groups attached to an aromatic ring is 1. The Balaban J connectivity index is 1.49. The Morgan fingerprint density at radius 3 is 2.63 bits per heavy atom. The van der Waals surface area contributed by atoms with Crippen LogP contribution in [0, 0.1) is 0 Å². The van der Waals surface area contributed by atoms with Crippen molar-refractivity contribution in [2.45, 2.75) is 39.0 Å². The summed E-state index contributed by atoms with van der Waals surface area (Å²) in [6.07, 6.45) is 1.72. The molecule has 0 aliphatic carbocycles. The first-order valence-electron chi connectivity index (χ1n) is 11.9. The molecule has 4 aromatic rings. The Morgan fingerprint density at radius 2 is 1.91 bits per heavy atom. The molecular formula is C28H32N4O3. The van der Waals surface area contributed by atoms with E-state index in [-0.39, 0.29) is 12.0 Å². The molecule has 0 aliphatic rings. The molecule has 4 N–H and O–H groups in total. The predicted octanol–water partition coefficient (Wildman–Crippen LogP) is 4.10. The second kappa shape index (κ2) is 11.2. The van der Waals surface area contributed by atoms with Gasteiger partial charge in [-0.05, 0) is 55.7 Å². The summed E-state index contributed by atoms with van der Waals surface area (Å²) < 4.78 is 7.34. The van der Waals surface area contributed by atoms with E-state index in [1.165, 1.54) is 0 Å². The highest BCUT2D eigenvalue weighted by Gasteiger charge is 2.18. The van der Waals surface area contributed by atoms with Crippen LogP contribution in [0.1, 0.15) is 47.1 Å². The highest BCUT2D eigenvalue weighted by Crippen LogP contribution is 2.24. The molecule has 182 valence electrons. The van der Waals surface area contributed by atoms with Gasteiger partial charge in [-0.25, -0.2) is 9.78 Å². The zero-order valence-corrected chi connectivity index (χ0v) is 20.1. The van der Waals surface area contributed by atoms with Gasteiger partial charge in [0, 0.05) is 41.8 Å². The second-order valence-corrected chi connectivity index (χ2v) is 8.76. The summed E-state index contributed by atoms with van der Waals surface area (Å²) in [5, 5.41) is 14.8. The topological polar surface area (TPSA) is 102 Å². The number of hydrogen-bond donors (Lipinski definition) is 3. The number of aliphatic hydroxyl groups is 1. The lowest BCUT2D eigenvalue weighted by Gasteiger charge is -2.17. The molecule has 7 nitrogen and oxygen atoms in total. The average Bonchev–Trinajstić information content (AvgIpc) is 3.21. The van der Waals surface area contributed by atoms with Crippen LogP contribution in [0.2, 0.25) is 0 Å². The molecule has 0 saturated heterocycles. The molecule has 2 aromatic heterocycles. The van der Waals surface area contributed by atoms with Crippen LogP contribution in [-0.2, 0) is 17.7 Å². The van der Waals surface area contributed by atoms with Crippen molar-refractivity contribution < 1.29 is 14.6 Å². The monoisotopic (exact) mass is 472 g/mol. The standard InChI is InChI=1S/C28H32N4O3/c1-3-35-28(34)25-15-23-14-21(9-11-24(23)32(25)18-20-7-5-4-6-8-20)13-19(2)30-17-26(33)22-10-12-27(29)31-16-22/h4-12,14-16,19,26,30,33H,3,13,17-18H2,1-2H3,(H2,29,31). The minimum Gasteiger partial charge on any atom is -0.461 e. The molecule has 0 spiro atoms. The smallest absolute Gasteiger partial charge is 0.354 e. The quantitative estimate of drug-likeness (QED) is 0.300. The van der Waals surface area contributed by atoms with Crippen LogP contribution < -0.4 is 11.1 Å². The van der Waals surface area contributed by atoms with E-state index in [4.69, 9.17) is 10.5 Å². The summed E-state index contributed by atoms with van der Waals surface area (Å²) in [7, 11) is 0. The fraction of sp³-hybridized carbons (Fsp3) is 0.286. The molecule has 0 radical (unpaired) electrons. The van der Waals surface area contributed by atoms with E-state index < -0.39 is 6.10 Å². The molecule has 0 fully saturated rings. The number of pyridine rings is 1. The SMILES string of the molecule is CCOC(=O)c1cc2cc(CC(C)NCC(O)c3ccc(N)nc3)ccc2n1Cc1ccccc1. The molecule has 0 aliphatic heterocycles. The van der Waals surface area contributed by atoms with Crippen LogP contribution in [0.4, 0.5) is 5.82 Å². The maximum absolute atomic E-state index is 12.7. The zero-order chi connectivity index (χ0) is 24.8. The zero-order valence-electron chi connectivity index (χ0n) is 20.1. The molecule has 0 amide bonds. The number of benzene rings is 2. The Kier molecular flexibility index (Phi) is 7.80. The Bertz CT molecular complexity index is 1270. The number of esters is 1. The lowest BCUT2D eigenvalue weighted by molar-refractivity contribution is 0.0515. The molecule has 2 aromatic carbocycles. The molecule has 2 heterocycles. The summed E-state index contributed by atoms with van der Waals surface area (Å²) in [5.41, 5.74) is 10.2. The number of fused-ring (bicyclic) bond motifs is 1. The van der Waals surface area contributed by atoms with Gasteiger partial charge >= 0.3 is 5.97 Å². The number of carbonyl (C=O) groups excluding carboxylic acids is 1. The number of anilines is 1. The Hall–Kier alpha value is -3.68. The molecule has 0 bridgehead atoms. The van der Waals surface area contributed by atoms with E-state index in [0.717, 1.165) is 34.0 Å². The van der Waals surface area contributed by atoms with E-state index in [1.807, 2.05) is 35.8 Å². The first-order chi connectivity index (χ1) is 16.9. The predicted molar refractivity (Wildman–Crippen MR) is 138 cm³/mol. The second-order valence-electron chi connectivity index (χ2n) is 8.76. The van der Waals surface area contributed by atoms with Crippen LogP contribution in [-0.4, -0.2) is 39.8 Å². The van der Waals surface area contributed by atoms with Crippen LogP contribution in [0.3, 0.4) is 0 Å². The van der Waals surface area contributed by atoms with Crippen LogP contribution in [0.5, 0.6) is 0 Å². The maximum atomic E-state index is 12.7. The van der Waals surface area contributed by atoms with Gasteiger partial charge in [-0.1, -0.05) is 42.5 Å². The van der Waals surface area contributed by atoms with Crippen LogP contribution >= 0.6 is 0 Å². The molecule has 35 heavy (non-hydrogen) atoms. The van der Waals surface area contributed by atoms with E-state index in [9.17, 15) is 9.90 Å². The molecule has 7 heteroatoms. The largest absolute Gasteiger partial charge is 0.461 e. The lowest BCUT2D eigenvalue weighted by Crippen LogP contribution is -2.32. The third-order valence-electron chi connectivity index (χ3n) is 6.03. The number of nitrogens with zero attached hydrogens (tertiary/aromatic N) is 2. The Labute approximate surface area is 205 Å². The highest BCUT2D eigenvalue weighted by atomic mass is 16.5. The van der Waals surface area contributed by atoms with Crippen LogP contribution in [0.25, 0.3) is 10.9 Å². The van der Waals surface area contributed by atoms with Crippen molar-refractivity contribution in [1.82, 2.24) is 14.9 Å². The number of rotatable bonds is 10. The van der Waals surface area contributed by atoms with Gasteiger partial charge in [-0.15, -0.1) is 0 Å². The van der Waals surface area contributed by atoms with E-state index in [2.05, 4.69) is 47.6 Å². The summed E-state index contributed by atoms with van der Waals surface area (Å²) in [6.45, 7) is 5.24. The Morgan fingerprint density at radius 1 is 1.11 bits per heavy atom. The van der Waals surface area contributed by atoms with Gasteiger partial charge in [-0.2, -0.15) is 0 Å². The number of carbonyl (C=O) groups is 1. The first-order valence-corrected chi connectivity index (χ1v) is 11.9. The van der Waals surface area contributed by atoms with Crippen molar-refractivity contribution in [3.8, 4) is 0 Å². The third kappa shape index (κ3) is 6.07. The number of aromatic nitrogens is 2. The minimum absolute atomic E-state index is 0.139. The summed E-state index contributed by atoms with van der Waals surface area (Å²) in [6, 6.07) is 21.9. The van der Waals surface area contributed by atoms with Crippen molar-refractivity contribution in [3.05, 3.63) is 95.3 Å². The minimum atomic E-state index is -0.660. The highest BCUT2D eigenvalue weighted by molar-refractivity contribution is 5.96. The van der Waals surface area contributed by atoms with Crippen molar-refractivity contribution in [3.63, 3.8) is 0 Å². The van der Waals surface area contributed by atoms with Crippen molar-refractivity contribution >= 4 is 22.7 Å². The summed E-state index contributed by atoms with van der Waals surface area (Å²) in [5.74, 6) is 0.115. The average molecular weight is 473 g/mol. The van der Waals surface area contributed by atoms with Gasteiger partial charge in [0.15, 0.2) is 0 Å². The molecular weight excluding hydrogens is 440 g/mol. The van der Waals surface area contributed by atoms with Crippen molar-refractivity contribution in [2.75, 3.05) is 18.9 Å². The normalized spacial score (nSPS) is 13.0. The fourth-order valence-electron chi connectivity index (χ4n) is 4.23. The number of nitrogens with one attached hydrogen (secondary N) is 1. The van der Waals surface area contributed by atoms with Crippen molar-refractivity contribution in [1.29, 1.82) is 0 Å². The maximum Gasteiger partial charge on any atom is 0.354 e. The van der Waals surface area contributed by atoms with E-state index in [0.29, 0.717) is 31.2 Å². The molecule has 0 saturated carbocycles. The van der Waals surface area contributed by atoms with Gasteiger partial charge in [-0.3, -0.25) is 0 Å². The number of hydrogen-bond acceptors (Lipinski definition) is 6. The molecule has 2 atom stereocenters. The first kappa shape index (κ1) is 24.4. The molecule has 2 unspecified atom stereocenters. The third-order valence-corrected chi connectivity index (χ3v) is 6.03. The van der Waals surface area contributed by atoms with E-state index in [1.54, 1.807) is 18.3 Å². The fourth-order valence-corrected chi connectivity index (χ4v) is 4.23. The van der Waals surface area contributed by atoms with Gasteiger partial charge in [0.25, 0.3) is 0 Å². The van der Waals surface area contributed by atoms with E-state index >= 15 is 0 Å². The van der Waals surface area contributed by atoms with Gasteiger partial charge in [0.05, 0.1) is 12.7 Å². The number of ether oxygens (including phenoxy) is 1. The number of nitrogens with two attached hydrogens (primary N) is 1. The van der Waals surface area contributed by atoms with Gasteiger partial charge in [0.1, 0.15) is 11.5 Å². The molecule has 4 rings (SSSR count).